The number of hydrogen-bond acceptors (Lipinski definition) is 5. The largest absolute Gasteiger partial charge is 0.466 e. The van der Waals surface area contributed by atoms with Gasteiger partial charge in [0.15, 0.2) is 0 Å². The van der Waals surface area contributed by atoms with Crippen LogP contribution in [0.15, 0.2) is 40.3 Å². The Hall–Kier alpha value is -3.13. The van der Waals surface area contributed by atoms with E-state index in [0.29, 0.717) is 31.4 Å². The summed E-state index contributed by atoms with van der Waals surface area (Å²) in [7, 11) is 4.04. The van der Waals surface area contributed by atoms with Gasteiger partial charge in [-0.05, 0) is 40.4 Å². The topological polar surface area (TPSA) is 76.0 Å². The van der Waals surface area contributed by atoms with E-state index >= 15 is 0 Å². The maximum atomic E-state index is 13.2. The average molecular weight is 409 g/mol. The van der Waals surface area contributed by atoms with Crippen LogP contribution in [0.2, 0.25) is 0 Å². The summed E-state index contributed by atoms with van der Waals surface area (Å²) < 4.78 is 8.92. The normalized spacial score (nSPS) is 16.7. The van der Waals surface area contributed by atoms with Crippen molar-refractivity contribution >= 4 is 11.6 Å². The summed E-state index contributed by atoms with van der Waals surface area (Å²) in [6.45, 7) is 9.20. The number of likely N-dealkylation sites (N-methyl/N-ethyl adjacent to an activating group) is 1. The van der Waals surface area contributed by atoms with E-state index in [1.165, 1.54) is 0 Å². The molecule has 0 aliphatic carbocycles. The lowest BCUT2D eigenvalue weighted by Gasteiger charge is -2.19. The number of amides is 1. The van der Waals surface area contributed by atoms with Crippen LogP contribution in [0.3, 0.4) is 0 Å². The quantitative estimate of drug-likeness (QED) is 0.605. The Kier molecular flexibility index (Phi) is 5.11. The molecule has 3 aromatic heterocycles. The molecule has 1 aliphatic rings. The first-order chi connectivity index (χ1) is 14.3. The van der Waals surface area contributed by atoms with Crippen molar-refractivity contribution in [3.8, 4) is 11.3 Å². The Morgan fingerprint density at radius 3 is 2.73 bits per heavy atom. The number of hydrogen-bond donors (Lipinski definition) is 0. The van der Waals surface area contributed by atoms with Crippen LogP contribution in [-0.2, 0) is 6.54 Å². The summed E-state index contributed by atoms with van der Waals surface area (Å²) in [5, 5.41) is 0. The van der Waals surface area contributed by atoms with Crippen LogP contribution in [0.5, 0.6) is 0 Å². The molecule has 0 N–H and O–H groups in total. The number of nitrogens with zero attached hydrogens (tertiary/aromatic N) is 5. The Balaban J connectivity index is 1.79. The van der Waals surface area contributed by atoms with E-state index in [1.54, 1.807) is 26.1 Å². The van der Waals surface area contributed by atoms with Crippen LogP contribution in [0, 0.1) is 13.8 Å². The van der Waals surface area contributed by atoms with Crippen LogP contribution in [-0.4, -0.2) is 62.9 Å². The highest BCUT2D eigenvalue weighted by Gasteiger charge is 2.29. The molecule has 158 valence electrons. The Bertz CT molecular complexity index is 1180. The van der Waals surface area contributed by atoms with Gasteiger partial charge in [-0.15, -0.1) is 6.58 Å². The lowest BCUT2D eigenvalue weighted by molar-refractivity contribution is 0.0778. The molecule has 0 unspecified atom stereocenters. The van der Waals surface area contributed by atoms with E-state index in [1.807, 2.05) is 40.2 Å². The average Bonchev–Trinajstić information content (AvgIpc) is 3.41. The lowest BCUT2D eigenvalue weighted by Crippen LogP contribution is -2.34. The number of aromatic nitrogens is 3. The maximum absolute atomic E-state index is 13.2. The smallest absolute Gasteiger partial charge is 0.295 e. The monoisotopic (exact) mass is 409 g/mol. The van der Waals surface area contributed by atoms with E-state index in [9.17, 15) is 9.59 Å². The SMILES string of the molecule is C=CCn1c(-c2cc(C)oc2C)cn2cc(C(=O)N3CC[C@@H](N(C)C)C3)nc2c1=O. The number of carbonyl (C=O) groups is 1. The third kappa shape index (κ3) is 3.37. The highest BCUT2D eigenvalue weighted by Crippen LogP contribution is 2.26. The van der Waals surface area contributed by atoms with Gasteiger partial charge in [-0.2, -0.15) is 0 Å². The molecule has 0 bridgehead atoms. The molecule has 0 saturated carbocycles. The van der Waals surface area contributed by atoms with Gasteiger partial charge in [0.05, 0.1) is 5.69 Å². The number of likely N-dealkylation sites (tertiary alicyclic amines) is 1. The van der Waals surface area contributed by atoms with Crippen molar-refractivity contribution in [2.45, 2.75) is 32.9 Å². The highest BCUT2D eigenvalue weighted by molar-refractivity contribution is 5.93. The van der Waals surface area contributed by atoms with Crippen molar-refractivity contribution in [1.29, 1.82) is 0 Å². The summed E-state index contributed by atoms with van der Waals surface area (Å²) in [6.07, 6.45) is 6.08. The zero-order valence-corrected chi connectivity index (χ0v) is 17.9. The number of rotatable bonds is 5. The van der Waals surface area contributed by atoms with Crippen LogP contribution < -0.4 is 5.56 Å². The van der Waals surface area contributed by atoms with Crippen molar-refractivity contribution in [1.82, 2.24) is 23.8 Å². The molecule has 0 spiro atoms. The zero-order chi connectivity index (χ0) is 21.6. The Labute approximate surface area is 175 Å². The molecule has 1 saturated heterocycles. The molecule has 30 heavy (non-hydrogen) atoms. The summed E-state index contributed by atoms with van der Waals surface area (Å²) in [5.41, 5.74) is 1.78. The molecule has 8 heteroatoms. The van der Waals surface area contributed by atoms with Gasteiger partial charge >= 0.3 is 0 Å². The van der Waals surface area contributed by atoms with Crippen LogP contribution >= 0.6 is 0 Å². The third-order valence-electron chi connectivity index (χ3n) is 5.75. The number of fused-ring (bicyclic) bond motifs is 1. The molecule has 1 aliphatic heterocycles. The molecule has 1 atom stereocenters. The third-order valence-corrected chi connectivity index (χ3v) is 5.75. The molecule has 4 rings (SSSR count). The first-order valence-electron chi connectivity index (χ1n) is 10.1. The van der Waals surface area contributed by atoms with Gasteiger partial charge in [0.2, 0.25) is 5.65 Å². The van der Waals surface area contributed by atoms with Gasteiger partial charge in [0.1, 0.15) is 17.2 Å². The number of allylic oxidation sites excluding steroid dienone is 1. The molecule has 0 radical (unpaired) electrons. The fourth-order valence-electron chi connectivity index (χ4n) is 4.11. The fraction of sp³-hybridized carbons (Fsp3) is 0.409. The van der Waals surface area contributed by atoms with Crippen molar-refractivity contribution in [3.63, 3.8) is 0 Å². The van der Waals surface area contributed by atoms with Crippen LogP contribution in [0.1, 0.15) is 28.4 Å². The number of aryl methyl sites for hydroxylation is 2. The standard InChI is InChI=1S/C22H27N5O3/c1-6-8-27-19(17-10-14(2)30-15(17)3)13-26-12-18(23-20(26)22(27)29)21(28)25-9-7-16(11-25)24(4)5/h6,10,12-13,16H,1,7-9,11H2,2-5H3/t16-/m1/s1. The van der Waals surface area contributed by atoms with E-state index in [2.05, 4.69) is 16.5 Å². The van der Waals surface area contributed by atoms with Crippen molar-refractivity contribution in [2.75, 3.05) is 27.2 Å². The van der Waals surface area contributed by atoms with Crippen molar-refractivity contribution in [2.24, 2.45) is 0 Å². The van der Waals surface area contributed by atoms with Crippen LogP contribution in [0.4, 0.5) is 0 Å². The second-order valence-corrected chi connectivity index (χ2v) is 8.06. The van der Waals surface area contributed by atoms with Crippen LogP contribution in [0.25, 0.3) is 16.9 Å². The van der Waals surface area contributed by atoms with E-state index in [0.717, 1.165) is 23.5 Å². The molecule has 1 amide bonds. The summed E-state index contributed by atoms with van der Waals surface area (Å²) in [5.74, 6) is 1.35. The molecule has 3 aromatic rings. The van der Waals surface area contributed by atoms with Gasteiger partial charge in [0, 0.05) is 43.6 Å². The van der Waals surface area contributed by atoms with Gasteiger partial charge in [-0.1, -0.05) is 6.08 Å². The first-order valence-corrected chi connectivity index (χ1v) is 10.1. The first kappa shape index (κ1) is 20.2. The van der Waals surface area contributed by atoms with Gasteiger partial charge in [-0.3, -0.25) is 18.6 Å². The molecular weight excluding hydrogens is 382 g/mol. The summed E-state index contributed by atoms with van der Waals surface area (Å²) >= 11 is 0. The number of furan rings is 1. The van der Waals surface area contributed by atoms with Crippen molar-refractivity contribution in [3.05, 3.63) is 58.7 Å². The minimum Gasteiger partial charge on any atom is -0.466 e. The van der Waals surface area contributed by atoms with E-state index < -0.39 is 0 Å². The zero-order valence-electron chi connectivity index (χ0n) is 17.9. The second kappa shape index (κ2) is 7.60. The molecular formula is C22H27N5O3. The molecule has 4 heterocycles. The molecule has 0 aromatic carbocycles. The summed E-state index contributed by atoms with van der Waals surface area (Å²) in [4.78, 5) is 34.5. The minimum atomic E-state index is -0.266. The molecule has 8 nitrogen and oxygen atoms in total. The number of carbonyl (C=O) groups excluding carboxylic acids is 1. The second-order valence-electron chi connectivity index (χ2n) is 8.06. The van der Waals surface area contributed by atoms with Gasteiger partial charge in [-0.25, -0.2) is 4.98 Å². The van der Waals surface area contributed by atoms with Crippen molar-refractivity contribution < 1.29 is 9.21 Å². The summed E-state index contributed by atoms with van der Waals surface area (Å²) in [6, 6.07) is 2.25. The van der Waals surface area contributed by atoms with E-state index in [4.69, 9.17) is 4.42 Å². The lowest BCUT2D eigenvalue weighted by atomic mass is 10.2. The van der Waals surface area contributed by atoms with Gasteiger partial charge < -0.3 is 14.2 Å². The Morgan fingerprint density at radius 1 is 1.37 bits per heavy atom. The van der Waals surface area contributed by atoms with E-state index in [-0.39, 0.29) is 22.8 Å². The maximum Gasteiger partial charge on any atom is 0.295 e. The van der Waals surface area contributed by atoms with Gasteiger partial charge in [0.25, 0.3) is 11.5 Å². The fourth-order valence-corrected chi connectivity index (χ4v) is 4.11. The predicted octanol–water partition coefficient (Wildman–Crippen LogP) is 2.33. The highest BCUT2D eigenvalue weighted by atomic mass is 16.3. The number of imidazole rings is 1. The Morgan fingerprint density at radius 2 is 2.13 bits per heavy atom. The predicted molar refractivity (Wildman–Crippen MR) is 115 cm³/mol. The molecule has 1 fully saturated rings. The minimum absolute atomic E-state index is 0.144.